The van der Waals surface area contributed by atoms with E-state index in [1.54, 1.807) is 30.5 Å². The normalized spacial score (nSPS) is 12.3. The van der Waals surface area contributed by atoms with E-state index in [4.69, 9.17) is 10.8 Å². The molecule has 1 aromatic carbocycles. The summed E-state index contributed by atoms with van der Waals surface area (Å²) in [7, 11) is 0. The predicted octanol–water partition coefficient (Wildman–Crippen LogP) is 0.640. The van der Waals surface area contributed by atoms with Crippen LogP contribution in [0.5, 0.6) is 0 Å². The summed E-state index contributed by atoms with van der Waals surface area (Å²) in [4.78, 5) is 24.6. The van der Waals surface area contributed by atoms with Crippen molar-refractivity contribution in [3.8, 4) is 5.69 Å². The molecule has 6 nitrogen and oxygen atoms in total. The molecule has 1 heterocycles. The number of imidazole rings is 1. The molecular formula is C12H13N3O3. The van der Waals surface area contributed by atoms with E-state index in [0.29, 0.717) is 11.3 Å². The Morgan fingerprint density at radius 1 is 1.50 bits per heavy atom. The van der Waals surface area contributed by atoms with Gasteiger partial charge in [-0.1, -0.05) is 12.1 Å². The van der Waals surface area contributed by atoms with Crippen molar-refractivity contribution in [1.82, 2.24) is 9.55 Å². The number of hydrogen-bond acceptors (Lipinski definition) is 3. The van der Waals surface area contributed by atoms with Crippen molar-refractivity contribution in [3.05, 3.63) is 52.7 Å². The lowest BCUT2D eigenvalue weighted by molar-refractivity contribution is -0.137. The van der Waals surface area contributed by atoms with Gasteiger partial charge in [-0.3, -0.25) is 9.36 Å². The molecule has 2 aromatic rings. The van der Waals surface area contributed by atoms with Crippen LogP contribution in [0.4, 0.5) is 0 Å². The Hall–Kier alpha value is -2.34. The zero-order valence-corrected chi connectivity index (χ0v) is 9.54. The van der Waals surface area contributed by atoms with Gasteiger partial charge in [0.25, 0.3) is 0 Å². The molecule has 0 saturated heterocycles. The molecule has 1 atom stereocenters. The van der Waals surface area contributed by atoms with Crippen LogP contribution in [-0.4, -0.2) is 20.6 Å². The summed E-state index contributed by atoms with van der Waals surface area (Å²) in [5.74, 6) is -0.952. The van der Waals surface area contributed by atoms with Gasteiger partial charge in [-0.05, 0) is 17.7 Å². The SMILES string of the molecule is NC(CC(=O)O)c1cccc(-n2cc[nH]c2=O)c1. The average Bonchev–Trinajstić information content (AvgIpc) is 2.75. The fraction of sp³-hybridized carbons (Fsp3) is 0.167. The summed E-state index contributed by atoms with van der Waals surface area (Å²) < 4.78 is 1.43. The van der Waals surface area contributed by atoms with Crippen LogP contribution in [0.25, 0.3) is 5.69 Å². The quantitative estimate of drug-likeness (QED) is 0.737. The largest absolute Gasteiger partial charge is 0.481 e. The van der Waals surface area contributed by atoms with Crippen LogP contribution >= 0.6 is 0 Å². The summed E-state index contributed by atoms with van der Waals surface area (Å²) >= 11 is 0. The molecule has 0 amide bonds. The van der Waals surface area contributed by atoms with Crippen LogP contribution < -0.4 is 11.4 Å². The standard InChI is InChI=1S/C12H13N3O3/c13-10(7-11(16)17)8-2-1-3-9(6-8)15-5-4-14-12(15)18/h1-6,10H,7,13H2,(H,14,18)(H,16,17). The maximum absolute atomic E-state index is 11.5. The number of H-pyrrole nitrogens is 1. The van der Waals surface area contributed by atoms with Gasteiger partial charge in [0.05, 0.1) is 12.1 Å². The molecule has 0 radical (unpaired) electrons. The van der Waals surface area contributed by atoms with Crippen molar-refractivity contribution in [2.45, 2.75) is 12.5 Å². The summed E-state index contributed by atoms with van der Waals surface area (Å²) in [5.41, 5.74) is 6.86. The van der Waals surface area contributed by atoms with Crippen molar-refractivity contribution in [2.75, 3.05) is 0 Å². The second kappa shape index (κ2) is 4.89. The fourth-order valence-electron chi connectivity index (χ4n) is 1.73. The van der Waals surface area contributed by atoms with Crippen molar-refractivity contribution in [2.24, 2.45) is 5.73 Å². The summed E-state index contributed by atoms with van der Waals surface area (Å²) in [6, 6.07) is 6.37. The fourth-order valence-corrected chi connectivity index (χ4v) is 1.73. The second-order valence-electron chi connectivity index (χ2n) is 3.93. The van der Waals surface area contributed by atoms with Gasteiger partial charge in [0.15, 0.2) is 0 Å². The molecule has 4 N–H and O–H groups in total. The summed E-state index contributed by atoms with van der Waals surface area (Å²) in [6.07, 6.45) is 2.99. The third-order valence-electron chi connectivity index (χ3n) is 2.62. The number of nitrogens with zero attached hydrogens (tertiary/aromatic N) is 1. The van der Waals surface area contributed by atoms with Crippen LogP contribution in [0.1, 0.15) is 18.0 Å². The first kappa shape index (κ1) is 12.1. The number of nitrogens with two attached hydrogens (primary N) is 1. The van der Waals surface area contributed by atoms with Gasteiger partial charge >= 0.3 is 11.7 Å². The molecule has 0 aliphatic carbocycles. The average molecular weight is 247 g/mol. The minimum absolute atomic E-state index is 0.147. The number of aliphatic carboxylic acids is 1. The third-order valence-corrected chi connectivity index (χ3v) is 2.62. The first-order chi connectivity index (χ1) is 8.58. The summed E-state index contributed by atoms with van der Waals surface area (Å²) in [5, 5.41) is 8.70. The highest BCUT2D eigenvalue weighted by atomic mass is 16.4. The van der Waals surface area contributed by atoms with Gasteiger partial charge in [-0.2, -0.15) is 0 Å². The monoisotopic (exact) mass is 247 g/mol. The number of benzene rings is 1. The third kappa shape index (κ3) is 2.49. The van der Waals surface area contributed by atoms with Gasteiger partial charge in [0, 0.05) is 18.4 Å². The van der Waals surface area contributed by atoms with Crippen molar-refractivity contribution in [3.63, 3.8) is 0 Å². The highest BCUT2D eigenvalue weighted by Gasteiger charge is 2.11. The Morgan fingerprint density at radius 2 is 2.28 bits per heavy atom. The molecule has 2 rings (SSSR count). The molecule has 0 saturated carbocycles. The van der Waals surface area contributed by atoms with E-state index in [1.165, 1.54) is 10.8 Å². The maximum atomic E-state index is 11.5. The number of rotatable bonds is 4. The second-order valence-corrected chi connectivity index (χ2v) is 3.93. The zero-order chi connectivity index (χ0) is 13.1. The van der Waals surface area contributed by atoms with Gasteiger partial charge < -0.3 is 15.8 Å². The number of carboxylic acid groups (broad SMARTS) is 1. The van der Waals surface area contributed by atoms with Gasteiger partial charge in [-0.15, -0.1) is 0 Å². The molecule has 1 aromatic heterocycles. The van der Waals surface area contributed by atoms with Gasteiger partial charge in [0.1, 0.15) is 0 Å². The van der Waals surface area contributed by atoms with E-state index < -0.39 is 12.0 Å². The van der Waals surface area contributed by atoms with E-state index in [9.17, 15) is 9.59 Å². The minimum atomic E-state index is -0.952. The minimum Gasteiger partial charge on any atom is -0.481 e. The lowest BCUT2D eigenvalue weighted by Gasteiger charge is -2.11. The van der Waals surface area contributed by atoms with Crippen LogP contribution in [0, 0.1) is 0 Å². The number of aromatic nitrogens is 2. The number of nitrogens with one attached hydrogen (secondary N) is 1. The topological polar surface area (TPSA) is 101 Å². The molecule has 6 heteroatoms. The maximum Gasteiger partial charge on any atom is 0.330 e. The Morgan fingerprint density at radius 3 is 2.89 bits per heavy atom. The molecular weight excluding hydrogens is 234 g/mol. The van der Waals surface area contributed by atoms with E-state index >= 15 is 0 Å². The molecule has 0 aliphatic rings. The van der Waals surface area contributed by atoms with Crippen molar-refractivity contribution >= 4 is 5.97 Å². The molecule has 0 fully saturated rings. The van der Waals surface area contributed by atoms with Gasteiger partial charge in [-0.25, -0.2) is 4.79 Å². The van der Waals surface area contributed by atoms with Crippen molar-refractivity contribution < 1.29 is 9.90 Å². The molecule has 18 heavy (non-hydrogen) atoms. The van der Waals surface area contributed by atoms with Gasteiger partial charge in [0.2, 0.25) is 0 Å². The molecule has 0 bridgehead atoms. The lowest BCUT2D eigenvalue weighted by atomic mass is 10.0. The molecule has 94 valence electrons. The zero-order valence-electron chi connectivity index (χ0n) is 9.54. The van der Waals surface area contributed by atoms with E-state index in [-0.39, 0.29) is 12.1 Å². The molecule has 1 unspecified atom stereocenters. The van der Waals surface area contributed by atoms with Crippen molar-refractivity contribution in [1.29, 1.82) is 0 Å². The summed E-state index contributed by atoms with van der Waals surface area (Å²) in [6.45, 7) is 0. The highest BCUT2D eigenvalue weighted by molar-refractivity contribution is 5.68. The Kier molecular flexibility index (Phi) is 3.29. The highest BCUT2D eigenvalue weighted by Crippen LogP contribution is 2.17. The first-order valence-electron chi connectivity index (χ1n) is 5.41. The van der Waals surface area contributed by atoms with Crippen LogP contribution in [0.3, 0.4) is 0 Å². The first-order valence-corrected chi connectivity index (χ1v) is 5.41. The number of aromatic amines is 1. The van der Waals surface area contributed by atoms with E-state index in [2.05, 4.69) is 4.98 Å². The Balaban J connectivity index is 2.34. The molecule has 0 spiro atoms. The smallest absolute Gasteiger partial charge is 0.330 e. The van der Waals surface area contributed by atoms with E-state index in [1.807, 2.05) is 0 Å². The lowest BCUT2D eigenvalue weighted by Crippen LogP contribution is -2.17. The van der Waals surface area contributed by atoms with Crippen LogP contribution in [-0.2, 0) is 4.79 Å². The van der Waals surface area contributed by atoms with Crippen LogP contribution in [0.15, 0.2) is 41.5 Å². The predicted molar refractivity (Wildman–Crippen MR) is 65.6 cm³/mol. The Bertz CT molecular complexity index is 615. The molecule has 0 aliphatic heterocycles. The number of hydrogen-bond donors (Lipinski definition) is 3. The Labute approximate surface area is 103 Å². The number of carboxylic acids is 1. The van der Waals surface area contributed by atoms with Crippen LogP contribution in [0.2, 0.25) is 0 Å². The van der Waals surface area contributed by atoms with E-state index in [0.717, 1.165) is 0 Å². The number of carbonyl (C=O) groups is 1.